The van der Waals surface area contributed by atoms with Gasteiger partial charge in [0.1, 0.15) is 0 Å². The van der Waals surface area contributed by atoms with Gasteiger partial charge >= 0.3 is 19.0 Å². The second kappa shape index (κ2) is 4.62. The summed E-state index contributed by atoms with van der Waals surface area (Å²) in [4.78, 5) is 0. The summed E-state index contributed by atoms with van der Waals surface area (Å²) in [6.45, 7) is -3.80. The van der Waals surface area contributed by atoms with Crippen LogP contribution in [0.5, 0.6) is 5.75 Å². The van der Waals surface area contributed by atoms with Gasteiger partial charge in [-0.2, -0.15) is 35.1 Å². The smallest absolute Gasteiger partial charge is 0.419 e. The van der Waals surface area contributed by atoms with E-state index in [1.165, 1.54) is 0 Å². The predicted octanol–water partition coefficient (Wildman–Crippen LogP) is 4.33. The Morgan fingerprint density at radius 2 is 1.22 bits per heavy atom. The van der Waals surface area contributed by atoms with E-state index in [9.17, 15) is 35.1 Å². The number of ether oxygens (including phenoxy) is 1. The van der Waals surface area contributed by atoms with Crippen molar-refractivity contribution in [3.8, 4) is 5.75 Å². The van der Waals surface area contributed by atoms with Crippen molar-refractivity contribution in [3.63, 3.8) is 0 Å². The van der Waals surface area contributed by atoms with E-state index in [2.05, 4.69) is 4.74 Å². The zero-order valence-electron chi connectivity index (χ0n) is 8.24. The van der Waals surface area contributed by atoms with Crippen LogP contribution in [0.15, 0.2) is 18.2 Å². The normalized spacial score (nSPS) is 12.9. The maximum Gasteiger partial charge on any atom is 0.419 e. The van der Waals surface area contributed by atoms with E-state index in [1.807, 2.05) is 0 Å². The molecule has 0 saturated carbocycles. The molecule has 0 aromatic heterocycles. The average molecular weight is 280 g/mol. The number of benzene rings is 1. The fraction of sp³-hybridized carbons (Fsp3) is 0.333. The van der Waals surface area contributed by atoms with Crippen molar-refractivity contribution in [1.82, 2.24) is 0 Å². The van der Waals surface area contributed by atoms with Gasteiger partial charge in [-0.1, -0.05) is 6.07 Å². The molecule has 0 bridgehead atoms. The molecule has 1 aromatic carbocycles. The van der Waals surface area contributed by atoms with E-state index in [0.29, 0.717) is 6.07 Å². The van der Waals surface area contributed by atoms with Gasteiger partial charge in [0.15, 0.2) is 5.75 Å². The molecule has 0 aliphatic heterocycles. The highest BCUT2D eigenvalue weighted by atomic mass is 19.4. The molecule has 0 unspecified atom stereocenters. The van der Waals surface area contributed by atoms with E-state index >= 15 is 0 Å². The molecule has 0 N–H and O–H groups in total. The molecular formula is C9H4F8O. The first-order valence-electron chi connectivity index (χ1n) is 4.25. The largest absolute Gasteiger partial charge is 0.434 e. The molecule has 0 fully saturated rings. The first kappa shape index (κ1) is 14.5. The van der Waals surface area contributed by atoms with Crippen LogP contribution in [0, 0.1) is 0 Å². The molecule has 9 heteroatoms. The van der Waals surface area contributed by atoms with Crippen LogP contribution in [0.25, 0.3) is 0 Å². The van der Waals surface area contributed by atoms with Gasteiger partial charge in [-0.25, -0.2) is 0 Å². The number of rotatable bonds is 2. The van der Waals surface area contributed by atoms with Crippen LogP contribution >= 0.6 is 0 Å². The minimum Gasteiger partial charge on any atom is -0.434 e. The van der Waals surface area contributed by atoms with Gasteiger partial charge in [-0.3, -0.25) is 0 Å². The Balaban J connectivity index is 3.45. The summed E-state index contributed by atoms with van der Waals surface area (Å²) in [5, 5.41) is 0. The third-order valence-electron chi connectivity index (χ3n) is 1.83. The lowest BCUT2D eigenvalue weighted by molar-refractivity contribution is -0.150. The van der Waals surface area contributed by atoms with Crippen molar-refractivity contribution in [2.75, 3.05) is 0 Å². The van der Waals surface area contributed by atoms with Crippen molar-refractivity contribution < 1.29 is 39.9 Å². The van der Waals surface area contributed by atoms with Crippen LogP contribution in [0.3, 0.4) is 0 Å². The van der Waals surface area contributed by atoms with Crippen LogP contribution in [-0.4, -0.2) is 6.61 Å². The molecule has 18 heavy (non-hydrogen) atoms. The Morgan fingerprint density at radius 3 is 1.50 bits per heavy atom. The topological polar surface area (TPSA) is 9.23 Å². The maximum atomic E-state index is 12.4. The maximum absolute atomic E-state index is 12.4. The number of hydrogen-bond acceptors (Lipinski definition) is 1. The lowest BCUT2D eigenvalue weighted by atomic mass is 10.1. The lowest BCUT2D eigenvalue weighted by Crippen LogP contribution is -2.17. The fourth-order valence-corrected chi connectivity index (χ4v) is 1.20. The minimum absolute atomic E-state index is 0.229. The predicted molar refractivity (Wildman–Crippen MR) is 43.1 cm³/mol. The van der Waals surface area contributed by atoms with Gasteiger partial charge in [0.2, 0.25) is 0 Å². The Morgan fingerprint density at radius 1 is 0.833 bits per heavy atom. The Bertz CT molecular complexity index is 387. The summed E-state index contributed by atoms with van der Waals surface area (Å²) in [5.41, 5.74) is -3.81. The van der Waals surface area contributed by atoms with Crippen LogP contribution < -0.4 is 4.74 Å². The second-order valence-corrected chi connectivity index (χ2v) is 3.06. The second-order valence-electron chi connectivity index (χ2n) is 3.06. The van der Waals surface area contributed by atoms with Gasteiger partial charge in [0.05, 0.1) is 11.1 Å². The Hall–Kier alpha value is -1.54. The highest BCUT2D eigenvalue weighted by molar-refractivity contribution is 5.44. The monoisotopic (exact) mass is 280 g/mol. The molecule has 0 atom stereocenters. The molecule has 102 valence electrons. The quantitative estimate of drug-likeness (QED) is 0.733. The van der Waals surface area contributed by atoms with Crippen molar-refractivity contribution in [2.45, 2.75) is 19.0 Å². The third kappa shape index (κ3) is 3.23. The van der Waals surface area contributed by atoms with Crippen LogP contribution in [0.1, 0.15) is 11.1 Å². The van der Waals surface area contributed by atoms with E-state index < -0.39 is 35.8 Å². The molecule has 0 aliphatic rings. The highest BCUT2D eigenvalue weighted by Crippen LogP contribution is 2.44. The van der Waals surface area contributed by atoms with Gasteiger partial charge in [-0.05, 0) is 12.1 Å². The molecule has 0 saturated heterocycles. The van der Waals surface area contributed by atoms with Crippen molar-refractivity contribution >= 4 is 0 Å². The van der Waals surface area contributed by atoms with Crippen LogP contribution in [0.2, 0.25) is 0 Å². The van der Waals surface area contributed by atoms with Crippen LogP contribution in [-0.2, 0) is 12.4 Å². The summed E-state index contributed by atoms with van der Waals surface area (Å²) in [5.74, 6) is -1.92. The first-order valence-corrected chi connectivity index (χ1v) is 4.25. The van der Waals surface area contributed by atoms with Crippen LogP contribution in [0.4, 0.5) is 35.1 Å². The summed E-state index contributed by atoms with van der Waals surface area (Å²) < 4.78 is 101. The van der Waals surface area contributed by atoms with E-state index in [4.69, 9.17) is 0 Å². The molecular weight excluding hydrogens is 276 g/mol. The zero-order valence-corrected chi connectivity index (χ0v) is 8.24. The SMILES string of the molecule is FC(F)Oc1c(C(F)(F)F)cccc1C(F)(F)F. The number of hydrogen-bond donors (Lipinski definition) is 0. The summed E-state index contributed by atoms with van der Waals surface area (Å²) >= 11 is 0. The summed E-state index contributed by atoms with van der Waals surface area (Å²) in [6, 6.07) is 0.921. The lowest BCUT2D eigenvalue weighted by Gasteiger charge is -2.18. The van der Waals surface area contributed by atoms with Gasteiger partial charge < -0.3 is 4.74 Å². The minimum atomic E-state index is -5.23. The molecule has 1 aromatic rings. The average Bonchev–Trinajstić information content (AvgIpc) is 2.13. The standard InChI is InChI=1S/C9H4F8O/c10-7(11)18-6-4(8(12,13)14)2-1-3-5(6)9(15,16)17/h1-3,7H. The Kier molecular flexibility index (Phi) is 3.72. The molecule has 0 amide bonds. The van der Waals surface area contributed by atoms with Crippen molar-refractivity contribution in [3.05, 3.63) is 29.3 Å². The molecule has 0 aliphatic carbocycles. The fourth-order valence-electron chi connectivity index (χ4n) is 1.20. The Labute approximate surface area is 95.0 Å². The molecule has 0 spiro atoms. The molecule has 1 nitrogen and oxygen atoms in total. The molecule has 0 heterocycles. The number of alkyl halides is 8. The van der Waals surface area contributed by atoms with Gasteiger partial charge in [0.25, 0.3) is 0 Å². The van der Waals surface area contributed by atoms with Crippen molar-refractivity contribution in [1.29, 1.82) is 0 Å². The molecule has 0 radical (unpaired) electrons. The summed E-state index contributed by atoms with van der Waals surface area (Å²) in [6.07, 6.45) is -10.5. The van der Waals surface area contributed by atoms with E-state index in [0.717, 1.165) is 0 Å². The summed E-state index contributed by atoms with van der Waals surface area (Å²) in [7, 11) is 0. The first-order chi connectivity index (χ1) is 8.03. The molecule has 1 rings (SSSR count). The van der Waals surface area contributed by atoms with Gasteiger partial charge in [0, 0.05) is 0 Å². The van der Waals surface area contributed by atoms with E-state index in [-0.39, 0.29) is 12.1 Å². The number of para-hydroxylation sites is 1. The van der Waals surface area contributed by atoms with Gasteiger partial charge in [-0.15, -0.1) is 0 Å². The zero-order chi connectivity index (χ0) is 14.1. The van der Waals surface area contributed by atoms with Crippen molar-refractivity contribution in [2.24, 2.45) is 0 Å². The third-order valence-corrected chi connectivity index (χ3v) is 1.83. The highest BCUT2D eigenvalue weighted by Gasteiger charge is 2.42. The van der Waals surface area contributed by atoms with E-state index in [1.54, 1.807) is 0 Å². The number of halogens is 8.